The second-order valence-corrected chi connectivity index (χ2v) is 4.83. The number of hydrogen-bond acceptors (Lipinski definition) is 3. The lowest BCUT2D eigenvalue weighted by Gasteiger charge is -2.34. The molecule has 0 spiro atoms. The molecule has 16 heavy (non-hydrogen) atoms. The summed E-state index contributed by atoms with van der Waals surface area (Å²) in [4.78, 5) is 11.2. The average Bonchev–Trinajstić information content (AvgIpc) is 2.55. The zero-order valence-corrected chi connectivity index (χ0v) is 10.5. The van der Waals surface area contributed by atoms with Gasteiger partial charge >= 0.3 is 5.97 Å². The Balaban J connectivity index is 2.19. The van der Waals surface area contributed by atoms with E-state index in [0.717, 1.165) is 0 Å². The molecule has 0 unspecified atom stereocenters. The Morgan fingerprint density at radius 1 is 1.62 bits per heavy atom. The Hall–Kier alpha value is -0.730. The first-order valence-electron chi connectivity index (χ1n) is 4.64. The van der Waals surface area contributed by atoms with Crippen LogP contribution in [0.25, 0.3) is 0 Å². The maximum Gasteiger partial charge on any atom is 0.359 e. The highest BCUT2D eigenvalue weighted by atomic mass is 127. The van der Waals surface area contributed by atoms with E-state index in [0.29, 0.717) is 9.26 Å². The summed E-state index contributed by atoms with van der Waals surface area (Å²) in [5, 5.41) is 6.42. The molecule has 0 radical (unpaired) electrons. The molecule has 1 aliphatic carbocycles. The van der Waals surface area contributed by atoms with E-state index in [4.69, 9.17) is 0 Å². The first-order chi connectivity index (χ1) is 7.44. The molecule has 1 aromatic rings. The van der Waals surface area contributed by atoms with Gasteiger partial charge in [0.05, 0.1) is 16.4 Å². The van der Waals surface area contributed by atoms with E-state index in [1.807, 2.05) is 22.6 Å². The van der Waals surface area contributed by atoms with E-state index in [-0.39, 0.29) is 24.5 Å². The van der Waals surface area contributed by atoms with Crippen molar-refractivity contribution in [3.05, 3.63) is 15.0 Å². The molecule has 4 nitrogen and oxygen atoms in total. The Labute approximate surface area is 104 Å². The van der Waals surface area contributed by atoms with Gasteiger partial charge in [0, 0.05) is 18.8 Å². The van der Waals surface area contributed by atoms with Gasteiger partial charge in [-0.15, -0.1) is 0 Å². The standard InChI is InChI=1S/C9H9F2IN2O2/c1-16-8(15)7-5(12)6(13-14-7)4-2-9(10,11)3-4/h4H,2-3H2,1H3,(H,13,14). The van der Waals surface area contributed by atoms with E-state index in [1.54, 1.807) is 0 Å². The van der Waals surface area contributed by atoms with Gasteiger partial charge in [-0.25, -0.2) is 13.6 Å². The van der Waals surface area contributed by atoms with E-state index in [1.165, 1.54) is 7.11 Å². The number of alkyl halides is 2. The fraction of sp³-hybridized carbons (Fsp3) is 0.556. The predicted octanol–water partition coefficient (Wildman–Crippen LogP) is 2.31. The molecular formula is C9H9F2IN2O2. The molecule has 1 N–H and O–H groups in total. The number of rotatable bonds is 2. The predicted molar refractivity (Wildman–Crippen MR) is 59.6 cm³/mol. The second-order valence-electron chi connectivity index (χ2n) is 3.75. The van der Waals surface area contributed by atoms with E-state index in [2.05, 4.69) is 14.9 Å². The van der Waals surface area contributed by atoms with Crippen molar-refractivity contribution < 1.29 is 18.3 Å². The Morgan fingerprint density at radius 2 is 2.25 bits per heavy atom. The van der Waals surface area contributed by atoms with Gasteiger partial charge in [-0.3, -0.25) is 5.10 Å². The fourth-order valence-corrected chi connectivity index (χ4v) is 2.61. The number of halogens is 3. The van der Waals surface area contributed by atoms with Crippen LogP contribution in [0.3, 0.4) is 0 Å². The molecule has 1 fully saturated rings. The molecule has 1 heterocycles. The van der Waals surface area contributed by atoms with Gasteiger partial charge in [0.1, 0.15) is 0 Å². The number of hydrogen-bond donors (Lipinski definition) is 1. The topological polar surface area (TPSA) is 55.0 Å². The molecule has 2 rings (SSSR count). The summed E-state index contributed by atoms with van der Waals surface area (Å²) < 4.78 is 30.5. The van der Waals surface area contributed by atoms with Crippen LogP contribution in [-0.4, -0.2) is 29.2 Å². The minimum absolute atomic E-state index is 0.160. The van der Waals surface area contributed by atoms with E-state index >= 15 is 0 Å². The normalized spacial score (nSPS) is 19.2. The van der Waals surface area contributed by atoms with Gasteiger partial charge in [0.15, 0.2) is 5.69 Å². The van der Waals surface area contributed by atoms with Crippen molar-refractivity contribution in [1.82, 2.24) is 10.2 Å². The quantitative estimate of drug-likeness (QED) is 0.663. The van der Waals surface area contributed by atoms with Crippen molar-refractivity contribution in [2.24, 2.45) is 0 Å². The highest BCUT2D eigenvalue weighted by Crippen LogP contribution is 2.48. The highest BCUT2D eigenvalue weighted by Gasteiger charge is 2.47. The third kappa shape index (κ3) is 1.92. The summed E-state index contributed by atoms with van der Waals surface area (Å²) in [6.07, 6.45) is -0.377. The molecule has 1 aliphatic rings. The maximum atomic E-state index is 12.7. The third-order valence-corrected chi connectivity index (χ3v) is 3.70. The van der Waals surface area contributed by atoms with Crippen LogP contribution in [0.4, 0.5) is 8.78 Å². The van der Waals surface area contributed by atoms with Crippen LogP contribution in [0.5, 0.6) is 0 Å². The van der Waals surface area contributed by atoms with E-state index < -0.39 is 11.9 Å². The minimum atomic E-state index is -2.58. The molecule has 7 heteroatoms. The lowest BCUT2D eigenvalue weighted by molar-refractivity contribution is -0.0877. The number of carbonyl (C=O) groups excluding carboxylic acids is 1. The van der Waals surface area contributed by atoms with Gasteiger partial charge in [-0.1, -0.05) is 0 Å². The summed E-state index contributed by atoms with van der Waals surface area (Å²) in [6.45, 7) is 0. The van der Waals surface area contributed by atoms with Crippen LogP contribution >= 0.6 is 22.6 Å². The lowest BCUT2D eigenvalue weighted by Crippen LogP contribution is -2.34. The number of ether oxygens (including phenoxy) is 1. The number of H-pyrrole nitrogens is 1. The van der Waals surface area contributed by atoms with Crippen molar-refractivity contribution in [2.75, 3.05) is 7.11 Å². The van der Waals surface area contributed by atoms with Gasteiger partial charge in [0.2, 0.25) is 5.92 Å². The molecule has 0 atom stereocenters. The van der Waals surface area contributed by atoms with Gasteiger partial charge < -0.3 is 4.74 Å². The smallest absolute Gasteiger partial charge is 0.359 e. The zero-order valence-electron chi connectivity index (χ0n) is 8.39. The zero-order chi connectivity index (χ0) is 11.9. The SMILES string of the molecule is COC(=O)c1n[nH]c(C2CC(F)(F)C2)c1I. The second kappa shape index (κ2) is 3.94. The molecule has 0 aliphatic heterocycles. The van der Waals surface area contributed by atoms with Crippen molar-refractivity contribution in [1.29, 1.82) is 0 Å². The largest absolute Gasteiger partial charge is 0.464 e. The van der Waals surface area contributed by atoms with Crippen molar-refractivity contribution in [3.63, 3.8) is 0 Å². The maximum absolute atomic E-state index is 12.7. The summed E-state index contributed by atoms with van der Waals surface area (Å²) in [5.74, 6) is -3.38. The lowest BCUT2D eigenvalue weighted by atomic mass is 9.79. The first kappa shape index (κ1) is 11.7. The van der Waals surface area contributed by atoms with Crippen molar-refractivity contribution in [2.45, 2.75) is 24.7 Å². The molecule has 0 bridgehead atoms. The van der Waals surface area contributed by atoms with Gasteiger partial charge in [-0.05, 0) is 22.6 Å². The molecule has 1 aromatic heterocycles. The van der Waals surface area contributed by atoms with E-state index in [9.17, 15) is 13.6 Å². The summed E-state index contributed by atoms with van der Waals surface area (Å²) in [6, 6.07) is 0. The average molecular weight is 342 g/mol. The van der Waals surface area contributed by atoms with Crippen LogP contribution in [0.2, 0.25) is 0 Å². The number of methoxy groups -OCH3 is 1. The number of carbonyl (C=O) groups is 1. The Morgan fingerprint density at radius 3 is 2.75 bits per heavy atom. The third-order valence-electron chi connectivity index (χ3n) is 2.61. The van der Waals surface area contributed by atoms with Crippen LogP contribution in [0.15, 0.2) is 0 Å². The number of aromatic amines is 1. The van der Waals surface area contributed by atoms with Crippen molar-refractivity contribution >= 4 is 28.6 Å². The minimum Gasteiger partial charge on any atom is -0.464 e. The fourth-order valence-electron chi connectivity index (χ4n) is 1.71. The number of aromatic nitrogens is 2. The molecular weight excluding hydrogens is 333 g/mol. The highest BCUT2D eigenvalue weighted by molar-refractivity contribution is 14.1. The molecule has 88 valence electrons. The number of nitrogens with one attached hydrogen (secondary N) is 1. The van der Waals surface area contributed by atoms with Gasteiger partial charge in [-0.2, -0.15) is 5.10 Å². The summed E-state index contributed by atoms with van der Waals surface area (Å²) >= 11 is 1.92. The van der Waals surface area contributed by atoms with Crippen LogP contribution in [-0.2, 0) is 4.74 Å². The van der Waals surface area contributed by atoms with Crippen molar-refractivity contribution in [3.8, 4) is 0 Å². The van der Waals surface area contributed by atoms with Crippen LogP contribution in [0, 0.1) is 3.57 Å². The number of esters is 1. The first-order valence-corrected chi connectivity index (χ1v) is 5.72. The molecule has 0 amide bonds. The summed E-state index contributed by atoms with van der Waals surface area (Å²) in [5.41, 5.74) is 0.764. The molecule has 1 saturated carbocycles. The van der Waals surface area contributed by atoms with Crippen LogP contribution in [0.1, 0.15) is 34.9 Å². The monoisotopic (exact) mass is 342 g/mol. The summed E-state index contributed by atoms with van der Waals surface area (Å²) in [7, 11) is 1.25. The van der Waals surface area contributed by atoms with Gasteiger partial charge in [0.25, 0.3) is 0 Å². The molecule has 0 saturated heterocycles. The Bertz CT molecular complexity index is 425. The molecule has 0 aromatic carbocycles. The Kier molecular flexibility index (Phi) is 2.89. The number of nitrogens with zero attached hydrogens (tertiary/aromatic N) is 1. The van der Waals surface area contributed by atoms with Crippen LogP contribution < -0.4 is 0 Å².